The van der Waals surface area contributed by atoms with Gasteiger partial charge in [0.05, 0.1) is 6.04 Å². The lowest BCUT2D eigenvalue weighted by molar-refractivity contribution is -0.133. The van der Waals surface area contributed by atoms with E-state index in [1.165, 1.54) is 11.1 Å². The first-order valence-corrected chi connectivity index (χ1v) is 15.5. The molecule has 42 heavy (non-hydrogen) atoms. The molecule has 0 saturated carbocycles. The topological polar surface area (TPSA) is 78.7 Å². The predicted octanol–water partition coefficient (Wildman–Crippen LogP) is 5.80. The van der Waals surface area contributed by atoms with E-state index >= 15 is 0 Å². The average molecular weight is 628 g/mol. The number of likely N-dealkylation sites (N-methyl/N-ethyl adjacent to an activating group) is 1. The van der Waals surface area contributed by atoms with Gasteiger partial charge in [-0.3, -0.25) is 9.59 Å². The summed E-state index contributed by atoms with van der Waals surface area (Å²) in [5, 5.41) is 5.72. The van der Waals surface area contributed by atoms with Gasteiger partial charge in [0.25, 0.3) is 5.91 Å². The van der Waals surface area contributed by atoms with Crippen LogP contribution in [-0.4, -0.2) is 66.9 Å². The molecule has 1 fully saturated rings. The highest BCUT2D eigenvalue weighted by Crippen LogP contribution is 2.27. The van der Waals surface area contributed by atoms with E-state index < -0.39 is 0 Å². The molecule has 1 heterocycles. The minimum absolute atomic E-state index is 0.0148. The number of carbonyl (C=O) groups excluding carboxylic acids is 2. The summed E-state index contributed by atoms with van der Waals surface area (Å²) in [5.41, 5.74) is 8.90. The molecular formula is C35H39BrN4O2. The summed E-state index contributed by atoms with van der Waals surface area (Å²) in [5.74, 6) is 0.152. The van der Waals surface area contributed by atoms with E-state index in [0.717, 1.165) is 28.1 Å². The maximum Gasteiger partial charge on any atom is 0.253 e. The predicted molar refractivity (Wildman–Crippen MR) is 174 cm³/mol. The van der Waals surface area contributed by atoms with Crippen molar-refractivity contribution in [3.05, 3.63) is 118 Å². The van der Waals surface area contributed by atoms with Gasteiger partial charge in [-0.05, 0) is 72.0 Å². The van der Waals surface area contributed by atoms with Crippen molar-refractivity contribution in [2.24, 2.45) is 5.73 Å². The van der Waals surface area contributed by atoms with Crippen molar-refractivity contribution in [1.82, 2.24) is 15.1 Å². The van der Waals surface area contributed by atoms with E-state index in [-0.39, 0.29) is 29.8 Å². The van der Waals surface area contributed by atoms with Crippen molar-refractivity contribution in [2.45, 2.75) is 37.3 Å². The first-order valence-electron chi connectivity index (χ1n) is 14.7. The van der Waals surface area contributed by atoms with E-state index in [1.807, 2.05) is 60.5 Å². The van der Waals surface area contributed by atoms with E-state index in [4.69, 9.17) is 5.73 Å². The SMILES string of the molecule is CN(C[C@@H]1CCN(CC(c2ccccc2)c2ccccc2)C(=O)[C@H](CCCN)N1)C(=O)c1ccc2cc(Br)ccc2c1. The summed E-state index contributed by atoms with van der Waals surface area (Å²) in [6.07, 6.45) is 2.18. The molecule has 0 unspecified atom stereocenters. The summed E-state index contributed by atoms with van der Waals surface area (Å²) in [6, 6.07) is 32.3. The lowest BCUT2D eigenvalue weighted by Gasteiger charge is -2.29. The molecule has 2 amide bonds. The second-order valence-electron chi connectivity index (χ2n) is 11.2. The van der Waals surface area contributed by atoms with Crippen molar-refractivity contribution in [1.29, 1.82) is 0 Å². The van der Waals surface area contributed by atoms with E-state index in [0.29, 0.717) is 38.2 Å². The van der Waals surface area contributed by atoms with Gasteiger partial charge in [-0.2, -0.15) is 0 Å². The lowest BCUT2D eigenvalue weighted by Crippen LogP contribution is -2.49. The van der Waals surface area contributed by atoms with Crippen LogP contribution >= 0.6 is 15.9 Å². The van der Waals surface area contributed by atoms with Crippen molar-refractivity contribution < 1.29 is 9.59 Å². The molecule has 0 aliphatic carbocycles. The number of rotatable bonds is 10. The van der Waals surface area contributed by atoms with Gasteiger partial charge < -0.3 is 20.9 Å². The molecule has 4 aromatic carbocycles. The second kappa shape index (κ2) is 14.1. The van der Waals surface area contributed by atoms with Crippen LogP contribution < -0.4 is 11.1 Å². The smallest absolute Gasteiger partial charge is 0.253 e. The Kier molecular flexibility index (Phi) is 10.1. The summed E-state index contributed by atoms with van der Waals surface area (Å²) in [7, 11) is 1.84. The first kappa shape index (κ1) is 30.0. The van der Waals surface area contributed by atoms with Crippen molar-refractivity contribution >= 4 is 38.5 Å². The highest BCUT2D eigenvalue weighted by atomic mass is 79.9. The summed E-state index contributed by atoms with van der Waals surface area (Å²) in [6.45, 7) is 2.27. The molecule has 0 spiro atoms. The number of benzene rings is 4. The molecule has 0 bridgehead atoms. The van der Waals surface area contributed by atoms with Crippen LogP contribution in [0.4, 0.5) is 0 Å². The monoisotopic (exact) mass is 626 g/mol. The number of hydrogen-bond donors (Lipinski definition) is 2. The van der Waals surface area contributed by atoms with Crippen LogP contribution in [0.15, 0.2) is 102 Å². The van der Waals surface area contributed by atoms with Crippen LogP contribution in [-0.2, 0) is 4.79 Å². The zero-order valence-corrected chi connectivity index (χ0v) is 25.7. The Morgan fingerprint density at radius 1 is 0.976 bits per heavy atom. The second-order valence-corrected chi connectivity index (χ2v) is 12.1. The van der Waals surface area contributed by atoms with Crippen molar-refractivity contribution in [2.75, 3.05) is 33.2 Å². The molecule has 4 aromatic rings. The molecule has 1 aliphatic heterocycles. The van der Waals surface area contributed by atoms with Crippen molar-refractivity contribution in [3.63, 3.8) is 0 Å². The molecule has 218 valence electrons. The maximum absolute atomic E-state index is 13.9. The summed E-state index contributed by atoms with van der Waals surface area (Å²) < 4.78 is 1.01. The Hall–Kier alpha value is -3.52. The van der Waals surface area contributed by atoms with Crippen molar-refractivity contribution in [3.8, 4) is 0 Å². The van der Waals surface area contributed by atoms with Crippen LogP contribution in [0.3, 0.4) is 0 Å². The van der Waals surface area contributed by atoms with Gasteiger partial charge in [-0.1, -0.05) is 88.7 Å². The Bertz CT molecular complexity index is 1460. The Labute approximate surface area is 257 Å². The quantitative estimate of drug-likeness (QED) is 0.233. The minimum Gasteiger partial charge on any atom is -0.340 e. The third-order valence-electron chi connectivity index (χ3n) is 8.19. The largest absolute Gasteiger partial charge is 0.340 e. The third-order valence-corrected chi connectivity index (χ3v) is 8.68. The number of nitrogens with two attached hydrogens (primary N) is 1. The molecule has 1 saturated heterocycles. The Morgan fingerprint density at radius 3 is 2.29 bits per heavy atom. The molecule has 3 N–H and O–H groups in total. The molecule has 5 rings (SSSR count). The van der Waals surface area contributed by atoms with E-state index in [9.17, 15) is 9.59 Å². The van der Waals surface area contributed by atoms with Gasteiger partial charge >= 0.3 is 0 Å². The number of hydrogen-bond acceptors (Lipinski definition) is 4. The highest BCUT2D eigenvalue weighted by molar-refractivity contribution is 9.10. The number of halogens is 1. The summed E-state index contributed by atoms with van der Waals surface area (Å²) in [4.78, 5) is 31.2. The fourth-order valence-corrected chi connectivity index (χ4v) is 6.29. The van der Waals surface area contributed by atoms with E-state index in [2.05, 4.69) is 69.8 Å². The molecule has 6 nitrogen and oxygen atoms in total. The minimum atomic E-state index is -0.337. The molecule has 0 aromatic heterocycles. The standard InChI is InChI=1S/C35H39BrN4O2/c1-39(34(41)29-15-14-28-22-30(36)17-16-27(28)21-29)23-31-18-20-40(35(42)33(38-31)13-8-19-37)24-32(25-9-4-2-5-10-25)26-11-6-3-7-12-26/h2-7,9-12,14-17,21-22,31-33,38H,8,13,18-20,23-24,37H2,1H3/t31-,33-/m0/s1. The average Bonchev–Trinajstić information content (AvgIpc) is 3.16. The fraction of sp³-hybridized carbons (Fsp3) is 0.314. The number of amides is 2. The molecule has 1 aliphatic rings. The zero-order valence-electron chi connectivity index (χ0n) is 24.1. The van der Waals surface area contributed by atoms with Crippen LogP contribution in [0.1, 0.15) is 46.7 Å². The molecule has 7 heteroatoms. The van der Waals surface area contributed by atoms with Crippen LogP contribution in [0.2, 0.25) is 0 Å². The first-order chi connectivity index (χ1) is 20.4. The van der Waals surface area contributed by atoms with Crippen LogP contribution in [0, 0.1) is 0 Å². The normalized spacial score (nSPS) is 17.4. The number of carbonyl (C=O) groups is 2. The highest BCUT2D eigenvalue weighted by Gasteiger charge is 2.33. The van der Waals surface area contributed by atoms with Gasteiger partial charge in [0.15, 0.2) is 0 Å². The Morgan fingerprint density at radius 2 is 1.62 bits per heavy atom. The fourth-order valence-electron chi connectivity index (χ4n) is 5.91. The molecular weight excluding hydrogens is 588 g/mol. The number of nitrogens with one attached hydrogen (secondary N) is 1. The molecule has 2 atom stereocenters. The van der Waals surface area contributed by atoms with Gasteiger partial charge in [0.2, 0.25) is 5.91 Å². The van der Waals surface area contributed by atoms with Gasteiger partial charge in [-0.25, -0.2) is 0 Å². The zero-order chi connectivity index (χ0) is 29.5. The Balaban J connectivity index is 1.32. The van der Waals surface area contributed by atoms with E-state index in [1.54, 1.807) is 4.90 Å². The van der Waals surface area contributed by atoms with Gasteiger partial charge in [0, 0.05) is 48.7 Å². The summed E-state index contributed by atoms with van der Waals surface area (Å²) >= 11 is 3.51. The maximum atomic E-state index is 13.9. The third kappa shape index (κ3) is 7.27. The number of fused-ring (bicyclic) bond motifs is 1. The van der Waals surface area contributed by atoms with Crippen LogP contribution in [0.5, 0.6) is 0 Å². The lowest BCUT2D eigenvalue weighted by atomic mass is 9.90. The van der Waals surface area contributed by atoms with Crippen LogP contribution in [0.25, 0.3) is 10.8 Å². The number of nitrogens with zero attached hydrogens (tertiary/aromatic N) is 2. The van der Waals surface area contributed by atoms with Gasteiger partial charge in [-0.15, -0.1) is 0 Å². The molecule has 0 radical (unpaired) electrons. The van der Waals surface area contributed by atoms with Gasteiger partial charge in [0.1, 0.15) is 0 Å².